The fourth-order valence-corrected chi connectivity index (χ4v) is 4.13. The van der Waals surface area contributed by atoms with Gasteiger partial charge in [-0.15, -0.1) is 0 Å². The highest BCUT2D eigenvalue weighted by Gasteiger charge is 2.41. The molecule has 2 aromatic rings. The Bertz CT molecular complexity index is 988. The number of anilines is 2. The van der Waals surface area contributed by atoms with Crippen LogP contribution in [0.5, 0.6) is 0 Å². The van der Waals surface area contributed by atoms with E-state index in [4.69, 9.17) is 4.65 Å². The number of fused-ring (bicyclic) bond motifs is 1. The van der Waals surface area contributed by atoms with Crippen molar-refractivity contribution < 1.29 is 27.6 Å². The predicted octanol–water partition coefficient (Wildman–Crippen LogP) is 3.51. The van der Waals surface area contributed by atoms with Gasteiger partial charge in [0.15, 0.2) is 0 Å². The molecule has 30 heavy (non-hydrogen) atoms. The lowest BCUT2D eigenvalue weighted by molar-refractivity contribution is -0.137. The summed E-state index contributed by atoms with van der Waals surface area (Å²) in [5.74, 6) is -0.858. The maximum absolute atomic E-state index is 13.7. The summed E-state index contributed by atoms with van der Waals surface area (Å²) in [6.07, 6.45) is -2.78. The summed E-state index contributed by atoms with van der Waals surface area (Å²) in [7, 11) is -1.16. The number of alkyl halides is 3. The van der Waals surface area contributed by atoms with Gasteiger partial charge in [-0.2, -0.15) is 13.2 Å². The number of carbonyl (C=O) groups is 1. The van der Waals surface area contributed by atoms with Crippen molar-refractivity contribution in [2.45, 2.75) is 38.5 Å². The van der Waals surface area contributed by atoms with Gasteiger partial charge in [-0.05, 0) is 68.0 Å². The Kier molecular flexibility index (Phi) is 5.06. The molecule has 4 rings (SSSR count). The standard InChI is InChI=1S/C21H22BF3N2O3/c1-20(2)16-8-5-13(11-18(16)22(29)30-20)26-19(28)15-7-6-14(27-9-3-4-10-27)12-17(15)21(23,24)25/h5-8,11-12,29H,3-4,9-10H2,1-2H3,(H,26,28). The third-order valence-corrected chi connectivity index (χ3v) is 5.65. The third-order valence-electron chi connectivity index (χ3n) is 5.65. The fourth-order valence-electron chi connectivity index (χ4n) is 4.13. The van der Waals surface area contributed by atoms with Gasteiger partial charge < -0.3 is 19.9 Å². The van der Waals surface area contributed by atoms with Gasteiger partial charge in [-0.25, -0.2) is 0 Å². The van der Waals surface area contributed by atoms with Crippen LogP contribution in [0.1, 0.15) is 48.2 Å². The number of nitrogens with zero attached hydrogens (tertiary/aromatic N) is 1. The van der Waals surface area contributed by atoms with E-state index in [0.717, 1.165) is 24.5 Å². The first kappa shape index (κ1) is 20.7. The molecular formula is C21H22BF3N2O3. The van der Waals surface area contributed by atoms with Crippen molar-refractivity contribution in [3.05, 3.63) is 53.1 Å². The van der Waals surface area contributed by atoms with E-state index in [1.165, 1.54) is 12.1 Å². The highest BCUT2D eigenvalue weighted by Crippen LogP contribution is 2.36. The van der Waals surface area contributed by atoms with Crippen LogP contribution in [0.25, 0.3) is 0 Å². The topological polar surface area (TPSA) is 61.8 Å². The molecule has 2 aromatic carbocycles. The van der Waals surface area contributed by atoms with Crippen LogP contribution in [0.2, 0.25) is 0 Å². The Morgan fingerprint density at radius 2 is 1.87 bits per heavy atom. The number of hydrogen-bond donors (Lipinski definition) is 2. The van der Waals surface area contributed by atoms with Crippen molar-refractivity contribution in [3.63, 3.8) is 0 Å². The number of benzene rings is 2. The molecular weight excluding hydrogens is 396 g/mol. The first-order valence-electron chi connectivity index (χ1n) is 9.84. The minimum atomic E-state index is -4.66. The number of carbonyl (C=O) groups excluding carboxylic acids is 1. The molecule has 2 aliphatic rings. The highest BCUT2D eigenvalue weighted by atomic mass is 19.4. The van der Waals surface area contributed by atoms with Crippen molar-refractivity contribution in [2.75, 3.05) is 23.3 Å². The molecule has 0 saturated carbocycles. The van der Waals surface area contributed by atoms with Crippen LogP contribution in [-0.4, -0.2) is 31.1 Å². The number of nitrogens with one attached hydrogen (secondary N) is 1. The van der Waals surface area contributed by atoms with E-state index >= 15 is 0 Å². The molecule has 2 N–H and O–H groups in total. The zero-order valence-electron chi connectivity index (χ0n) is 16.7. The Morgan fingerprint density at radius 1 is 1.17 bits per heavy atom. The van der Waals surface area contributed by atoms with Gasteiger partial charge in [0, 0.05) is 24.5 Å². The van der Waals surface area contributed by atoms with E-state index in [1.54, 1.807) is 32.0 Å². The Labute approximate surface area is 173 Å². The summed E-state index contributed by atoms with van der Waals surface area (Å²) in [4.78, 5) is 14.6. The van der Waals surface area contributed by atoms with Gasteiger partial charge in [0.1, 0.15) is 0 Å². The third kappa shape index (κ3) is 3.79. The highest BCUT2D eigenvalue weighted by molar-refractivity contribution is 6.62. The second-order valence-electron chi connectivity index (χ2n) is 8.16. The van der Waals surface area contributed by atoms with Crippen molar-refractivity contribution in [3.8, 4) is 0 Å². The van der Waals surface area contributed by atoms with Crippen molar-refractivity contribution >= 4 is 29.9 Å². The second-order valence-corrected chi connectivity index (χ2v) is 8.16. The van der Waals surface area contributed by atoms with Gasteiger partial charge in [-0.1, -0.05) is 6.07 Å². The molecule has 0 radical (unpaired) electrons. The van der Waals surface area contributed by atoms with Crippen molar-refractivity contribution in [1.82, 2.24) is 0 Å². The van der Waals surface area contributed by atoms with E-state index in [1.807, 2.05) is 4.90 Å². The lowest BCUT2D eigenvalue weighted by Crippen LogP contribution is -2.29. The fraction of sp³-hybridized carbons (Fsp3) is 0.381. The van der Waals surface area contributed by atoms with Crippen molar-refractivity contribution in [2.24, 2.45) is 0 Å². The average molecular weight is 418 g/mol. The summed E-state index contributed by atoms with van der Waals surface area (Å²) in [5, 5.41) is 12.6. The molecule has 2 aliphatic heterocycles. The molecule has 1 fully saturated rings. The summed E-state index contributed by atoms with van der Waals surface area (Å²) in [6, 6.07) is 8.63. The van der Waals surface area contributed by atoms with Gasteiger partial charge in [0.25, 0.3) is 5.91 Å². The van der Waals surface area contributed by atoms with Crippen LogP contribution in [0, 0.1) is 0 Å². The molecule has 0 aliphatic carbocycles. The molecule has 5 nitrogen and oxygen atoms in total. The molecule has 9 heteroatoms. The van der Waals surface area contributed by atoms with Crippen LogP contribution in [0.15, 0.2) is 36.4 Å². The Balaban J connectivity index is 1.63. The molecule has 2 heterocycles. The molecule has 0 aromatic heterocycles. The normalized spacial score (nSPS) is 17.9. The van der Waals surface area contributed by atoms with Gasteiger partial charge >= 0.3 is 13.3 Å². The second kappa shape index (κ2) is 7.32. The molecule has 158 valence electrons. The van der Waals surface area contributed by atoms with Crippen LogP contribution in [0.4, 0.5) is 24.5 Å². The SMILES string of the molecule is CC1(C)OB(O)c2cc(NC(=O)c3ccc(N4CCCC4)cc3C(F)(F)F)ccc21. The van der Waals surface area contributed by atoms with E-state index < -0.39 is 35.9 Å². The minimum Gasteiger partial charge on any atom is -0.423 e. The average Bonchev–Trinajstić information content (AvgIpc) is 3.27. The molecule has 0 bridgehead atoms. The van der Waals surface area contributed by atoms with Crippen molar-refractivity contribution in [1.29, 1.82) is 0 Å². The molecule has 1 saturated heterocycles. The summed E-state index contributed by atoms with van der Waals surface area (Å²) >= 11 is 0. The number of amides is 1. The number of hydrogen-bond acceptors (Lipinski definition) is 4. The van der Waals surface area contributed by atoms with E-state index in [2.05, 4.69) is 5.32 Å². The molecule has 1 amide bonds. The minimum absolute atomic E-state index is 0.288. The Hall–Kier alpha value is -2.52. The molecule has 0 spiro atoms. The van der Waals surface area contributed by atoms with Crippen LogP contribution < -0.4 is 15.7 Å². The van der Waals surface area contributed by atoms with Crippen LogP contribution >= 0.6 is 0 Å². The number of halogens is 3. The van der Waals surface area contributed by atoms with Crippen LogP contribution in [0.3, 0.4) is 0 Å². The maximum Gasteiger partial charge on any atom is 0.492 e. The smallest absolute Gasteiger partial charge is 0.423 e. The monoisotopic (exact) mass is 418 g/mol. The molecule has 0 atom stereocenters. The quantitative estimate of drug-likeness (QED) is 0.750. The molecule has 0 unspecified atom stereocenters. The summed E-state index contributed by atoms with van der Waals surface area (Å²) in [6.45, 7) is 5.02. The number of rotatable bonds is 3. The summed E-state index contributed by atoms with van der Waals surface area (Å²) in [5.41, 5.74) is -0.0888. The van der Waals surface area contributed by atoms with E-state index in [0.29, 0.717) is 24.2 Å². The van der Waals surface area contributed by atoms with Crippen LogP contribution in [-0.2, 0) is 16.4 Å². The Morgan fingerprint density at radius 3 is 2.53 bits per heavy atom. The van der Waals surface area contributed by atoms with E-state index in [9.17, 15) is 23.0 Å². The summed E-state index contributed by atoms with van der Waals surface area (Å²) < 4.78 is 46.5. The lowest BCUT2D eigenvalue weighted by Gasteiger charge is -2.21. The lowest BCUT2D eigenvalue weighted by atomic mass is 9.78. The first-order chi connectivity index (χ1) is 14.1. The zero-order chi connectivity index (χ0) is 21.7. The van der Waals surface area contributed by atoms with E-state index in [-0.39, 0.29) is 5.69 Å². The zero-order valence-corrected chi connectivity index (χ0v) is 16.7. The van der Waals surface area contributed by atoms with Gasteiger partial charge in [0.05, 0.1) is 16.7 Å². The van der Waals surface area contributed by atoms with Gasteiger partial charge in [0.2, 0.25) is 0 Å². The van der Waals surface area contributed by atoms with Gasteiger partial charge in [-0.3, -0.25) is 4.79 Å². The predicted molar refractivity (Wildman–Crippen MR) is 109 cm³/mol. The largest absolute Gasteiger partial charge is 0.492 e. The maximum atomic E-state index is 13.7. The first-order valence-corrected chi connectivity index (χ1v) is 9.84.